The number of nitrogens with one attached hydrogen (secondary N) is 1. The Hall–Kier alpha value is -0.860. The first-order valence-corrected chi connectivity index (χ1v) is 7.15. The van der Waals surface area contributed by atoms with Crippen molar-refractivity contribution in [3.05, 3.63) is 35.4 Å². The molecule has 1 atom stereocenters. The highest BCUT2D eigenvalue weighted by Gasteiger charge is 2.20. The van der Waals surface area contributed by atoms with Crippen LogP contribution in [0, 0.1) is 0 Å². The topological polar surface area (TPSA) is 38.0 Å². The molecule has 0 saturated carbocycles. The molecule has 1 aromatic carbocycles. The molecule has 1 saturated heterocycles. The van der Waals surface area contributed by atoms with E-state index in [1.807, 2.05) is 0 Å². The maximum atomic E-state index is 5.69. The van der Waals surface area contributed by atoms with Crippen molar-refractivity contribution in [3.63, 3.8) is 0 Å². The van der Waals surface area contributed by atoms with Crippen LogP contribution in [0.5, 0.6) is 0 Å². The van der Waals surface area contributed by atoms with Crippen molar-refractivity contribution in [2.24, 2.45) is 5.73 Å². The van der Waals surface area contributed by atoms with E-state index in [-0.39, 0.29) is 5.41 Å². The normalized spacial score (nSPS) is 20.9. The summed E-state index contributed by atoms with van der Waals surface area (Å²) in [6, 6.07) is 9.20. The molecule has 18 heavy (non-hydrogen) atoms. The lowest BCUT2D eigenvalue weighted by Gasteiger charge is -2.27. The van der Waals surface area contributed by atoms with Crippen LogP contribution < -0.4 is 11.1 Å². The Morgan fingerprint density at radius 3 is 2.56 bits per heavy atom. The van der Waals surface area contributed by atoms with Crippen LogP contribution in [0.1, 0.15) is 50.2 Å². The third-order valence-electron chi connectivity index (χ3n) is 4.23. The van der Waals surface area contributed by atoms with Crippen LogP contribution in [0.4, 0.5) is 0 Å². The van der Waals surface area contributed by atoms with Crippen LogP contribution in [-0.2, 0) is 5.41 Å². The van der Waals surface area contributed by atoms with Gasteiger partial charge in [-0.25, -0.2) is 0 Å². The van der Waals surface area contributed by atoms with Crippen LogP contribution in [0.25, 0.3) is 0 Å². The van der Waals surface area contributed by atoms with Crippen LogP contribution in [0.3, 0.4) is 0 Å². The first-order valence-electron chi connectivity index (χ1n) is 7.15. The minimum atomic E-state index is 0.193. The van der Waals surface area contributed by atoms with E-state index in [4.69, 9.17) is 5.73 Å². The monoisotopic (exact) mass is 246 g/mol. The summed E-state index contributed by atoms with van der Waals surface area (Å²) in [5.74, 6) is 0.699. The minimum absolute atomic E-state index is 0.193. The molecule has 1 aliphatic heterocycles. The van der Waals surface area contributed by atoms with E-state index in [2.05, 4.69) is 43.4 Å². The zero-order chi connectivity index (χ0) is 13.0. The number of hydrogen-bond acceptors (Lipinski definition) is 2. The van der Waals surface area contributed by atoms with Crippen molar-refractivity contribution < 1.29 is 0 Å². The first-order chi connectivity index (χ1) is 8.63. The van der Waals surface area contributed by atoms with Gasteiger partial charge < -0.3 is 11.1 Å². The second kappa shape index (κ2) is 5.85. The third kappa shape index (κ3) is 3.12. The van der Waals surface area contributed by atoms with Crippen LogP contribution in [0.2, 0.25) is 0 Å². The van der Waals surface area contributed by atoms with Gasteiger partial charge in [-0.1, -0.05) is 38.1 Å². The molecule has 2 rings (SSSR count). The molecule has 0 aliphatic carbocycles. The molecule has 0 bridgehead atoms. The highest BCUT2D eigenvalue weighted by atomic mass is 14.9. The van der Waals surface area contributed by atoms with Gasteiger partial charge in [0.25, 0.3) is 0 Å². The molecule has 1 heterocycles. The predicted molar refractivity (Wildman–Crippen MR) is 78.0 cm³/mol. The number of nitrogens with two attached hydrogens (primary N) is 1. The van der Waals surface area contributed by atoms with Gasteiger partial charge in [-0.05, 0) is 54.8 Å². The number of piperidine rings is 1. The second-order valence-electron chi connectivity index (χ2n) is 6.09. The SMILES string of the molecule is CC(C)(CCN)c1ccc(C2CCCNC2)cc1. The zero-order valence-electron chi connectivity index (χ0n) is 11.7. The standard InChI is InChI=1S/C16H26N2/c1-16(2,9-10-17)15-7-5-13(6-8-15)14-4-3-11-18-12-14/h5-8,14,18H,3-4,9-12,17H2,1-2H3. The van der Waals surface area contributed by atoms with E-state index in [0.717, 1.165) is 19.5 Å². The third-order valence-corrected chi connectivity index (χ3v) is 4.23. The van der Waals surface area contributed by atoms with Crippen molar-refractivity contribution in [1.82, 2.24) is 5.32 Å². The van der Waals surface area contributed by atoms with Crippen molar-refractivity contribution in [2.75, 3.05) is 19.6 Å². The molecule has 1 aromatic rings. The molecule has 2 nitrogen and oxygen atoms in total. The van der Waals surface area contributed by atoms with Gasteiger partial charge in [-0.3, -0.25) is 0 Å². The zero-order valence-corrected chi connectivity index (χ0v) is 11.7. The second-order valence-corrected chi connectivity index (χ2v) is 6.09. The van der Waals surface area contributed by atoms with Gasteiger partial charge in [0, 0.05) is 6.54 Å². The Bertz CT molecular complexity index is 361. The van der Waals surface area contributed by atoms with Gasteiger partial charge in [0.15, 0.2) is 0 Å². The predicted octanol–water partition coefficient (Wildman–Crippen LogP) is 2.78. The van der Waals surface area contributed by atoms with Crippen LogP contribution in [0.15, 0.2) is 24.3 Å². The quantitative estimate of drug-likeness (QED) is 0.857. The van der Waals surface area contributed by atoms with Gasteiger partial charge in [-0.2, -0.15) is 0 Å². The fourth-order valence-electron chi connectivity index (χ4n) is 2.85. The lowest BCUT2D eigenvalue weighted by atomic mass is 9.80. The van der Waals surface area contributed by atoms with Crippen molar-refractivity contribution in [3.8, 4) is 0 Å². The largest absolute Gasteiger partial charge is 0.330 e. The Labute approximate surface area is 111 Å². The maximum Gasteiger partial charge on any atom is 0.00201 e. The van der Waals surface area contributed by atoms with Crippen molar-refractivity contribution in [2.45, 2.75) is 44.4 Å². The summed E-state index contributed by atoms with van der Waals surface area (Å²) < 4.78 is 0. The molecule has 0 spiro atoms. The smallest absolute Gasteiger partial charge is 0.00201 e. The van der Waals surface area contributed by atoms with Crippen LogP contribution >= 0.6 is 0 Å². The Morgan fingerprint density at radius 2 is 2.00 bits per heavy atom. The summed E-state index contributed by atoms with van der Waals surface area (Å²) in [5.41, 5.74) is 8.77. The van der Waals surface area contributed by atoms with E-state index >= 15 is 0 Å². The molecule has 0 radical (unpaired) electrons. The van der Waals surface area contributed by atoms with E-state index < -0.39 is 0 Å². The Kier molecular flexibility index (Phi) is 4.41. The van der Waals surface area contributed by atoms with Crippen molar-refractivity contribution in [1.29, 1.82) is 0 Å². The highest BCUT2D eigenvalue weighted by molar-refractivity contribution is 5.30. The molecule has 0 aromatic heterocycles. The lowest BCUT2D eigenvalue weighted by Crippen LogP contribution is -2.28. The van der Waals surface area contributed by atoms with Gasteiger partial charge in [0.1, 0.15) is 0 Å². The molecule has 1 aliphatic rings. The fourth-order valence-corrected chi connectivity index (χ4v) is 2.85. The van der Waals surface area contributed by atoms with Gasteiger partial charge in [0.2, 0.25) is 0 Å². The maximum absolute atomic E-state index is 5.69. The molecule has 1 unspecified atom stereocenters. The molecule has 2 heteroatoms. The molecular formula is C16H26N2. The van der Waals surface area contributed by atoms with Gasteiger partial charge >= 0.3 is 0 Å². The molecule has 0 amide bonds. The molecule has 1 fully saturated rings. The average molecular weight is 246 g/mol. The minimum Gasteiger partial charge on any atom is -0.330 e. The van der Waals surface area contributed by atoms with Gasteiger partial charge in [-0.15, -0.1) is 0 Å². The highest BCUT2D eigenvalue weighted by Crippen LogP contribution is 2.29. The lowest BCUT2D eigenvalue weighted by molar-refractivity contribution is 0.460. The summed E-state index contributed by atoms with van der Waals surface area (Å²) in [6.45, 7) is 7.61. The molecule has 3 N–H and O–H groups in total. The van der Waals surface area contributed by atoms with E-state index in [9.17, 15) is 0 Å². The summed E-state index contributed by atoms with van der Waals surface area (Å²) in [4.78, 5) is 0. The number of rotatable bonds is 4. The number of benzene rings is 1. The molecule has 100 valence electrons. The summed E-state index contributed by atoms with van der Waals surface area (Å²) in [7, 11) is 0. The molecular weight excluding hydrogens is 220 g/mol. The van der Waals surface area contributed by atoms with Crippen LogP contribution in [-0.4, -0.2) is 19.6 Å². The summed E-state index contributed by atoms with van der Waals surface area (Å²) >= 11 is 0. The summed E-state index contributed by atoms with van der Waals surface area (Å²) in [6.07, 6.45) is 3.65. The average Bonchev–Trinajstić information content (AvgIpc) is 2.40. The fraction of sp³-hybridized carbons (Fsp3) is 0.625. The Morgan fingerprint density at radius 1 is 1.28 bits per heavy atom. The van der Waals surface area contributed by atoms with E-state index in [1.165, 1.54) is 30.5 Å². The first kappa shape index (κ1) is 13.6. The summed E-state index contributed by atoms with van der Waals surface area (Å²) in [5, 5.41) is 3.48. The number of hydrogen-bond donors (Lipinski definition) is 2. The van der Waals surface area contributed by atoms with Crippen molar-refractivity contribution >= 4 is 0 Å². The Balaban J connectivity index is 2.09. The van der Waals surface area contributed by atoms with E-state index in [1.54, 1.807) is 0 Å². The van der Waals surface area contributed by atoms with Gasteiger partial charge in [0.05, 0.1) is 0 Å². The van der Waals surface area contributed by atoms with E-state index in [0.29, 0.717) is 5.92 Å².